The van der Waals surface area contributed by atoms with E-state index < -0.39 is 5.91 Å². The molecule has 3 rings (SSSR count). The summed E-state index contributed by atoms with van der Waals surface area (Å²) in [6, 6.07) is 18.4. The van der Waals surface area contributed by atoms with Gasteiger partial charge in [-0.05, 0) is 66.6 Å². The van der Waals surface area contributed by atoms with Gasteiger partial charge in [-0.25, -0.2) is 4.39 Å². The minimum atomic E-state index is -0.563. The van der Waals surface area contributed by atoms with Crippen molar-refractivity contribution in [3.8, 4) is 17.6 Å². The first-order valence-electron chi connectivity index (χ1n) is 10.2. The molecule has 0 unspecified atom stereocenters. The molecule has 0 fully saturated rings. The number of methoxy groups -OCH3 is 1. The van der Waals surface area contributed by atoms with E-state index >= 15 is 0 Å². The van der Waals surface area contributed by atoms with Gasteiger partial charge in [0.05, 0.1) is 13.7 Å². The molecular formula is C26H22ClFN2O3. The second kappa shape index (κ2) is 11.2. The number of nitrogens with one attached hydrogen (secondary N) is 1. The first-order valence-corrected chi connectivity index (χ1v) is 10.6. The highest BCUT2D eigenvalue weighted by atomic mass is 35.5. The Hall–Kier alpha value is -3.82. The normalized spacial score (nSPS) is 10.9. The molecule has 0 aliphatic heterocycles. The van der Waals surface area contributed by atoms with Gasteiger partial charge < -0.3 is 14.8 Å². The molecule has 3 aromatic carbocycles. The van der Waals surface area contributed by atoms with Gasteiger partial charge >= 0.3 is 0 Å². The lowest BCUT2D eigenvalue weighted by molar-refractivity contribution is -0.112. The molecule has 7 heteroatoms. The minimum absolute atomic E-state index is 0.105. The zero-order valence-corrected chi connectivity index (χ0v) is 18.9. The summed E-state index contributed by atoms with van der Waals surface area (Å²) in [6.45, 7) is 2.20. The van der Waals surface area contributed by atoms with Crippen LogP contribution in [0.3, 0.4) is 0 Å². The lowest BCUT2D eigenvalue weighted by Gasteiger charge is -2.14. The quantitative estimate of drug-likeness (QED) is 0.326. The molecule has 1 amide bonds. The van der Waals surface area contributed by atoms with Crippen molar-refractivity contribution in [1.82, 2.24) is 0 Å². The fourth-order valence-corrected chi connectivity index (χ4v) is 3.48. The molecule has 0 aliphatic rings. The van der Waals surface area contributed by atoms with Crippen molar-refractivity contribution in [2.24, 2.45) is 0 Å². The number of nitriles is 1. The van der Waals surface area contributed by atoms with Crippen LogP contribution in [-0.2, 0) is 11.2 Å². The fraction of sp³-hybridized carbons (Fsp3) is 0.154. The number of carbonyl (C=O) groups is 1. The molecule has 3 aromatic rings. The van der Waals surface area contributed by atoms with E-state index in [-0.39, 0.29) is 17.8 Å². The summed E-state index contributed by atoms with van der Waals surface area (Å²) in [4.78, 5) is 12.6. The van der Waals surface area contributed by atoms with Crippen LogP contribution in [0.5, 0.6) is 11.5 Å². The maximum Gasteiger partial charge on any atom is 0.266 e. The van der Waals surface area contributed by atoms with Gasteiger partial charge in [-0.3, -0.25) is 4.79 Å². The Morgan fingerprint density at radius 1 is 1.18 bits per heavy atom. The zero-order valence-electron chi connectivity index (χ0n) is 18.2. The summed E-state index contributed by atoms with van der Waals surface area (Å²) in [5, 5.41) is 12.6. The molecule has 0 heterocycles. The number of carbonyl (C=O) groups excluding carboxylic acids is 1. The lowest BCUT2D eigenvalue weighted by Crippen LogP contribution is -2.13. The number of benzene rings is 3. The third-order valence-corrected chi connectivity index (χ3v) is 5.16. The average molecular weight is 465 g/mol. The van der Waals surface area contributed by atoms with Crippen LogP contribution in [0.15, 0.2) is 66.2 Å². The van der Waals surface area contributed by atoms with E-state index in [0.29, 0.717) is 45.5 Å². The molecule has 33 heavy (non-hydrogen) atoms. The van der Waals surface area contributed by atoms with Gasteiger partial charge in [0.2, 0.25) is 0 Å². The topological polar surface area (TPSA) is 71.3 Å². The second-order valence-corrected chi connectivity index (χ2v) is 7.44. The Labute approximate surface area is 197 Å². The molecule has 0 saturated heterocycles. The van der Waals surface area contributed by atoms with Crippen molar-refractivity contribution < 1.29 is 18.7 Å². The number of ether oxygens (including phenoxy) is 2. The van der Waals surface area contributed by atoms with Crippen molar-refractivity contribution in [3.63, 3.8) is 0 Å². The minimum Gasteiger partial charge on any atom is -0.497 e. The third-order valence-electron chi connectivity index (χ3n) is 4.83. The Morgan fingerprint density at radius 3 is 2.55 bits per heavy atom. The van der Waals surface area contributed by atoms with E-state index in [1.807, 2.05) is 13.0 Å². The number of anilines is 1. The molecule has 0 atom stereocenters. The van der Waals surface area contributed by atoms with E-state index in [1.54, 1.807) is 61.7 Å². The molecule has 0 saturated carbocycles. The van der Waals surface area contributed by atoms with Crippen molar-refractivity contribution >= 4 is 29.3 Å². The van der Waals surface area contributed by atoms with Gasteiger partial charge in [-0.15, -0.1) is 0 Å². The number of rotatable bonds is 8. The molecule has 0 radical (unpaired) electrons. The summed E-state index contributed by atoms with van der Waals surface area (Å²) in [5.41, 5.74) is 2.05. The fourth-order valence-electron chi connectivity index (χ4n) is 3.19. The zero-order chi connectivity index (χ0) is 23.8. The molecule has 1 N–H and O–H groups in total. The Balaban J connectivity index is 1.89. The molecule has 0 spiro atoms. The molecule has 0 aliphatic carbocycles. The molecule has 5 nitrogen and oxygen atoms in total. The highest BCUT2D eigenvalue weighted by molar-refractivity contribution is 6.31. The van der Waals surface area contributed by atoms with E-state index in [2.05, 4.69) is 5.32 Å². The largest absolute Gasteiger partial charge is 0.497 e. The number of hydrogen-bond acceptors (Lipinski definition) is 4. The van der Waals surface area contributed by atoms with Crippen LogP contribution < -0.4 is 14.8 Å². The smallest absolute Gasteiger partial charge is 0.266 e. The standard InChI is InChI=1S/C26H22ClFN2O3/c1-3-33-25-14-17(13-23(27)22(25)15-18-6-4-5-7-24(18)28)12-19(16-29)26(31)30-20-8-10-21(32-2)11-9-20/h4-14H,3,15H2,1-2H3,(H,30,31)/b19-12+. The summed E-state index contributed by atoms with van der Waals surface area (Å²) in [6.07, 6.45) is 1.67. The highest BCUT2D eigenvalue weighted by Crippen LogP contribution is 2.32. The molecule has 0 bridgehead atoms. The van der Waals surface area contributed by atoms with Crippen molar-refractivity contribution in [1.29, 1.82) is 5.26 Å². The number of hydrogen-bond donors (Lipinski definition) is 1. The van der Waals surface area contributed by atoms with Gasteiger partial charge in [-0.1, -0.05) is 29.8 Å². The van der Waals surface area contributed by atoms with Crippen LogP contribution in [0.1, 0.15) is 23.6 Å². The average Bonchev–Trinajstić information content (AvgIpc) is 2.81. The van der Waals surface area contributed by atoms with E-state index in [0.717, 1.165) is 0 Å². The van der Waals surface area contributed by atoms with Crippen LogP contribution in [0.4, 0.5) is 10.1 Å². The van der Waals surface area contributed by atoms with E-state index in [4.69, 9.17) is 21.1 Å². The predicted octanol–water partition coefficient (Wildman–Crippen LogP) is 6.02. The summed E-state index contributed by atoms with van der Waals surface area (Å²) in [5.74, 6) is 0.221. The lowest BCUT2D eigenvalue weighted by atomic mass is 10.0. The van der Waals surface area contributed by atoms with E-state index in [9.17, 15) is 14.4 Å². The van der Waals surface area contributed by atoms with Crippen LogP contribution in [0.2, 0.25) is 5.02 Å². The van der Waals surface area contributed by atoms with Gasteiger partial charge in [0.1, 0.15) is 29.0 Å². The van der Waals surface area contributed by atoms with E-state index in [1.165, 1.54) is 12.1 Å². The Kier molecular flexibility index (Phi) is 8.06. The summed E-state index contributed by atoms with van der Waals surface area (Å²) in [7, 11) is 1.55. The first kappa shape index (κ1) is 23.8. The number of nitrogens with zero attached hydrogens (tertiary/aromatic N) is 1. The van der Waals surface area contributed by atoms with Gasteiger partial charge in [0, 0.05) is 22.7 Å². The molecule has 168 valence electrons. The van der Waals surface area contributed by atoms with Crippen molar-refractivity contribution in [2.75, 3.05) is 19.0 Å². The van der Waals surface area contributed by atoms with Crippen molar-refractivity contribution in [2.45, 2.75) is 13.3 Å². The SMILES string of the molecule is CCOc1cc(/C=C(\C#N)C(=O)Nc2ccc(OC)cc2)cc(Cl)c1Cc1ccccc1F. The summed E-state index contributed by atoms with van der Waals surface area (Å²) < 4.78 is 25.0. The van der Waals surface area contributed by atoms with Crippen molar-refractivity contribution in [3.05, 3.63) is 93.8 Å². The van der Waals surface area contributed by atoms with Crippen LogP contribution in [-0.4, -0.2) is 19.6 Å². The third kappa shape index (κ3) is 6.12. The molecule has 0 aromatic heterocycles. The predicted molar refractivity (Wildman–Crippen MR) is 127 cm³/mol. The maximum absolute atomic E-state index is 14.2. The first-order chi connectivity index (χ1) is 15.9. The Morgan fingerprint density at radius 2 is 1.91 bits per heavy atom. The highest BCUT2D eigenvalue weighted by Gasteiger charge is 2.15. The maximum atomic E-state index is 14.2. The number of halogens is 2. The Bertz CT molecular complexity index is 1220. The van der Waals surface area contributed by atoms with Gasteiger partial charge in [-0.2, -0.15) is 5.26 Å². The van der Waals surface area contributed by atoms with Gasteiger partial charge in [0.25, 0.3) is 5.91 Å². The number of amides is 1. The van der Waals surface area contributed by atoms with Crippen LogP contribution in [0.25, 0.3) is 6.08 Å². The molecular weight excluding hydrogens is 443 g/mol. The van der Waals surface area contributed by atoms with Crippen LogP contribution in [0, 0.1) is 17.1 Å². The monoisotopic (exact) mass is 464 g/mol. The second-order valence-electron chi connectivity index (χ2n) is 7.03. The van der Waals surface area contributed by atoms with Gasteiger partial charge in [0.15, 0.2) is 0 Å². The summed E-state index contributed by atoms with van der Waals surface area (Å²) >= 11 is 6.51. The van der Waals surface area contributed by atoms with Crippen LogP contribution >= 0.6 is 11.6 Å².